The third-order valence-electron chi connectivity index (χ3n) is 4.77. The molecule has 4 rings (SSSR count). The topological polar surface area (TPSA) is 71.5 Å². The van der Waals surface area contributed by atoms with Gasteiger partial charge in [-0.05, 0) is 59.7 Å². The zero-order valence-corrected chi connectivity index (χ0v) is 17.9. The van der Waals surface area contributed by atoms with Crippen LogP contribution < -0.4 is 10.1 Å². The van der Waals surface area contributed by atoms with Gasteiger partial charge in [0.2, 0.25) is 0 Å². The number of nitrogens with one attached hydrogen (secondary N) is 1. The summed E-state index contributed by atoms with van der Waals surface area (Å²) < 4.78 is 5.24. The third-order valence-corrected chi connectivity index (χ3v) is 5.00. The lowest BCUT2D eigenvalue weighted by Crippen LogP contribution is -2.09. The Bertz CT molecular complexity index is 1290. The van der Waals surface area contributed by atoms with Gasteiger partial charge in [0, 0.05) is 22.6 Å². The van der Waals surface area contributed by atoms with Crippen molar-refractivity contribution in [3.63, 3.8) is 0 Å². The molecule has 0 aliphatic heterocycles. The van der Waals surface area contributed by atoms with Gasteiger partial charge in [-0.3, -0.25) is 0 Å². The van der Waals surface area contributed by atoms with E-state index in [4.69, 9.17) is 21.4 Å². The van der Waals surface area contributed by atoms with E-state index in [-0.39, 0.29) is 6.61 Å². The van der Waals surface area contributed by atoms with Crippen molar-refractivity contribution in [1.29, 1.82) is 0 Å². The highest BCUT2D eigenvalue weighted by Crippen LogP contribution is 2.20. The first-order chi connectivity index (χ1) is 15.5. The fourth-order valence-electron chi connectivity index (χ4n) is 3.23. The highest BCUT2D eigenvalue weighted by atomic mass is 35.5. The summed E-state index contributed by atoms with van der Waals surface area (Å²) in [5.74, 6) is -0.464. The number of carboxylic acids is 1. The number of carbonyl (C=O) groups is 1. The van der Waals surface area contributed by atoms with Crippen LogP contribution in [0.3, 0.4) is 0 Å². The highest BCUT2D eigenvalue weighted by molar-refractivity contribution is 6.31. The van der Waals surface area contributed by atoms with Gasteiger partial charge in [-0.25, -0.2) is 9.78 Å². The summed E-state index contributed by atoms with van der Waals surface area (Å²) in [5.41, 5.74) is 4.73. The van der Waals surface area contributed by atoms with Crippen molar-refractivity contribution in [3.8, 4) is 5.75 Å². The molecule has 0 saturated heterocycles. The van der Waals surface area contributed by atoms with Crippen LogP contribution in [0.5, 0.6) is 5.75 Å². The Kier molecular flexibility index (Phi) is 6.68. The molecule has 0 radical (unpaired) electrons. The monoisotopic (exact) mass is 444 g/mol. The molecule has 0 fully saturated rings. The summed E-state index contributed by atoms with van der Waals surface area (Å²) >= 11 is 6.08. The number of fused-ring (bicyclic) bond motifs is 1. The molecule has 0 amide bonds. The number of benzene rings is 3. The minimum atomic E-state index is -0.999. The van der Waals surface area contributed by atoms with Gasteiger partial charge >= 0.3 is 5.97 Å². The number of anilines is 1. The minimum absolute atomic E-state index is 0.357. The molecule has 0 atom stereocenters. The smallest absolute Gasteiger partial charge is 0.341 e. The van der Waals surface area contributed by atoms with E-state index in [1.165, 1.54) is 0 Å². The number of hydrogen-bond acceptors (Lipinski definition) is 4. The van der Waals surface area contributed by atoms with Crippen LogP contribution in [0.15, 0.2) is 78.9 Å². The molecule has 2 N–H and O–H groups in total. The molecule has 0 saturated carbocycles. The van der Waals surface area contributed by atoms with Crippen LogP contribution in [-0.2, 0) is 11.3 Å². The van der Waals surface area contributed by atoms with Gasteiger partial charge in [0.1, 0.15) is 5.75 Å². The predicted molar refractivity (Wildman–Crippen MR) is 129 cm³/mol. The van der Waals surface area contributed by atoms with E-state index in [1.54, 1.807) is 6.07 Å². The maximum Gasteiger partial charge on any atom is 0.341 e. The molecule has 0 aliphatic rings. The molecule has 160 valence electrons. The number of ether oxygens (including phenoxy) is 1. The van der Waals surface area contributed by atoms with Gasteiger partial charge in [0.05, 0.1) is 11.2 Å². The first kappa shape index (κ1) is 21.4. The van der Waals surface area contributed by atoms with Crippen LogP contribution >= 0.6 is 11.6 Å². The quantitative estimate of drug-likeness (QED) is 0.342. The number of halogens is 1. The number of pyridine rings is 1. The van der Waals surface area contributed by atoms with E-state index in [2.05, 4.69) is 16.4 Å². The molecule has 32 heavy (non-hydrogen) atoms. The highest BCUT2D eigenvalue weighted by Gasteiger charge is 2.02. The van der Waals surface area contributed by atoms with E-state index in [0.717, 1.165) is 33.4 Å². The summed E-state index contributed by atoms with van der Waals surface area (Å²) in [6.07, 6.45) is 3.99. The summed E-state index contributed by atoms with van der Waals surface area (Å²) in [6, 6.07) is 25.1. The standard InChI is InChI=1S/C26H21ClN2O3/c27-21-10-8-20-9-12-22(29-25(20)15-21)11-7-18-3-1-5-23(13-18)28-16-19-4-2-6-24(14-19)32-17-26(30)31/h1-15,28H,16-17H2,(H,30,31). The average molecular weight is 445 g/mol. The number of aliphatic carboxylic acids is 1. The van der Waals surface area contributed by atoms with Crippen LogP contribution in [0.4, 0.5) is 5.69 Å². The fourth-order valence-corrected chi connectivity index (χ4v) is 3.39. The molecule has 0 aliphatic carbocycles. The molecule has 4 aromatic rings. The fraction of sp³-hybridized carbons (Fsp3) is 0.0769. The Morgan fingerprint density at radius 3 is 2.72 bits per heavy atom. The van der Waals surface area contributed by atoms with Crippen molar-refractivity contribution in [2.24, 2.45) is 0 Å². The van der Waals surface area contributed by atoms with Crippen molar-refractivity contribution >= 4 is 46.3 Å². The lowest BCUT2D eigenvalue weighted by Gasteiger charge is -2.09. The van der Waals surface area contributed by atoms with Gasteiger partial charge in [0.15, 0.2) is 6.61 Å². The van der Waals surface area contributed by atoms with Crippen molar-refractivity contribution in [2.75, 3.05) is 11.9 Å². The first-order valence-electron chi connectivity index (χ1n) is 10.1. The molecular weight excluding hydrogens is 424 g/mol. The zero-order chi connectivity index (χ0) is 22.3. The number of hydrogen-bond donors (Lipinski definition) is 2. The number of aromatic nitrogens is 1. The Hall–Kier alpha value is -3.83. The SMILES string of the molecule is O=C(O)COc1cccc(CNc2cccc(C=Cc3ccc4ccc(Cl)cc4n3)c2)c1. The van der Waals surface area contributed by atoms with Gasteiger partial charge < -0.3 is 15.2 Å². The Morgan fingerprint density at radius 1 is 1.00 bits per heavy atom. The molecule has 3 aromatic carbocycles. The minimum Gasteiger partial charge on any atom is -0.482 e. The number of nitrogens with zero attached hydrogens (tertiary/aromatic N) is 1. The lowest BCUT2D eigenvalue weighted by molar-refractivity contribution is -0.139. The summed E-state index contributed by atoms with van der Waals surface area (Å²) in [5, 5.41) is 13.9. The van der Waals surface area contributed by atoms with Gasteiger partial charge in [-0.2, -0.15) is 0 Å². The summed E-state index contributed by atoms with van der Waals surface area (Å²) in [6.45, 7) is 0.231. The van der Waals surface area contributed by atoms with Crippen LogP contribution in [0.2, 0.25) is 5.02 Å². The van der Waals surface area contributed by atoms with Gasteiger partial charge in [-0.1, -0.05) is 54.1 Å². The Balaban J connectivity index is 1.41. The second kappa shape index (κ2) is 9.98. The second-order valence-electron chi connectivity index (χ2n) is 7.22. The molecule has 0 bridgehead atoms. The molecule has 1 heterocycles. The summed E-state index contributed by atoms with van der Waals surface area (Å²) in [4.78, 5) is 15.3. The van der Waals surface area contributed by atoms with Gasteiger partial charge in [0.25, 0.3) is 0 Å². The molecule has 0 unspecified atom stereocenters. The van der Waals surface area contributed by atoms with Crippen molar-refractivity contribution < 1.29 is 14.6 Å². The van der Waals surface area contributed by atoms with E-state index in [0.29, 0.717) is 17.3 Å². The van der Waals surface area contributed by atoms with Gasteiger partial charge in [-0.15, -0.1) is 0 Å². The maximum absolute atomic E-state index is 10.7. The van der Waals surface area contributed by atoms with Crippen molar-refractivity contribution in [2.45, 2.75) is 6.54 Å². The van der Waals surface area contributed by atoms with Crippen LogP contribution in [-0.4, -0.2) is 22.7 Å². The van der Waals surface area contributed by atoms with E-state index >= 15 is 0 Å². The molecular formula is C26H21ClN2O3. The van der Waals surface area contributed by atoms with Crippen LogP contribution in [0.1, 0.15) is 16.8 Å². The molecule has 5 nitrogen and oxygen atoms in total. The Labute approximate surface area is 191 Å². The molecule has 0 spiro atoms. The second-order valence-corrected chi connectivity index (χ2v) is 7.65. The molecule has 6 heteroatoms. The first-order valence-corrected chi connectivity index (χ1v) is 10.4. The van der Waals surface area contributed by atoms with Crippen molar-refractivity contribution in [1.82, 2.24) is 4.98 Å². The average Bonchev–Trinajstić information content (AvgIpc) is 2.80. The summed E-state index contributed by atoms with van der Waals surface area (Å²) in [7, 11) is 0. The zero-order valence-electron chi connectivity index (χ0n) is 17.2. The largest absolute Gasteiger partial charge is 0.482 e. The maximum atomic E-state index is 10.7. The van der Waals surface area contributed by atoms with Crippen LogP contribution in [0, 0.1) is 0 Å². The van der Waals surface area contributed by atoms with E-state index < -0.39 is 5.97 Å². The predicted octanol–water partition coefficient (Wildman–Crippen LogP) is 6.13. The lowest BCUT2D eigenvalue weighted by atomic mass is 10.1. The van der Waals surface area contributed by atoms with Crippen molar-refractivity contribution in [3.05, 3.63) is 101 Å². The normalized spacial score (nSPS) is 11.0. The molecule has 1 aromatic heterocycles. The van der Waals surface area contributed by atoms with E-state index in [9.17, 15) is 4.79 Å². The van der Waals surface area contributed by atoms with E-state index in [1.807, 2.05) is 78.9 Å². The third kappa shape index (κ3) is 5.86. The number of rotatable bonds is 8. The number of carboxylic acid groups (broad SMARTS) is 1. The Morgan fingerprint density at radius 2 is 1.84 bits per heavy atom. The van der Waals surface area contributed by atoms with Crippen LogP contribution in [0.25, 0.3) is 23.1 Å².